The van der Waals surface area contributed by atoms with E-state index in [2.05, 4.69) is 25.7 Å². The number of rotatable bonds is 3. The molecule has 2 amide bonds. The van der Waals surface area contributed by atoms with E-state index >= 15 is 0 Å². The first kappa shape index (κ1) is 18.8. The Bertz CT molecular complexity index is 1080. The average Bonchev–Trinajstić information content (AvgIpc) is 3.31. The van der Waals surface area contributed by atoms with Crippen LogP contribution in [0, 0.1) is 0 Å². The van der Waals surface area contributed by atoms with Crippen molar-refractivity contribution in [1.29, 1.82) is 0 Å². The third kappa shape index (κ3) is 3.22. The lowest BCUT2D eigenvalue weighted by Crippen LogP contribution is -2.33. The van der Waals surface area contributed by atoms with E-state index in [1.165, 1.54) is 24.5 Å². The third-order valence-electron chi connectivity index (χ3n) is 4.41. The first-order valence-electron chi connectivity index (χ1n) is 8.00. The number of carbonyl (C=O) groups is 1. The SMILES string of the molecule is O=C(Nc1cncc(Cl)c1)Nc1cnc2cc(Cl)nn2c1C1(C(F)(F)F)CC1. The molecule has 0 bridgehead atoms. The predicted molar refractivity (Wildman–Crippen MR) is 96.9 cm³/mol. The van der Waals surface area contributed by atoms with Crippen molar-refractivity contribution < 1.29 is 18.0 Å². The molecule has 3 heterocycles. The van der Waals surface area contributed by atoms with Gasteiger partial charge in [0.05, 0.1) is 34.5 Å². The number of aromatic nitrogens is 4. The molecule has 12 heteroatoms. The first-order valence-corrected chi connectivity index (χ1v) is 8.75. The molecule has 0 spiro atoms. The van der Waals surface area contributed by atoms with Gasteiger partial charge in [0.15, 0.2) is 10.8 Å². The van der Waals surface area contributed by atoms with Crippen LogP contribution in [-0.4, -0.2) is 31.8 Å². The molecule has 1 saturated carbocycles. The van der Waals surface area contributed by atoms with Gasteiger partial charge < -0.3 is 10.6 Å². The normalized spacial score (nSPS) is 15.5. The second-order valence-corrected chi connectivity index (χ2v) is 7.13. The number of anilines is 2. The molecule has 1 fully saturated rings. The summed E-state index contributed by atoms with van der Waals surface area (Å²) in [5, 5.41) is 9.08. The summed E-state index contributed by atoms with van der Waals surface area (Å²) in [5.74, 6) is 0. The maximum absolute atomic E-state index is 13.8. The molecule has 146 valence electrons. The van der Waals surface area contributed by atoms with E-state index in [1.54, 1.807) is 0 Å². The van der Waals surface area contributed by atoms with E-state index in [0.29, 0.717) is 5.02 Å². The van der Waals surface area contributed by atoms with Crippen molar-refractivity contribution in [2.45, 2.75) is 24.4 Å². The van der Waals surface area contributed by atoms with Gasteiger partial charge in [-0.3, -0.25) is 4.98 Å². The van der Waals surface area contributed by atoms with Crippen LogP contribution >= 0.6 is 23.2 Å². The number of fused-ring (bicyclic) bond motifs is 1. The lowest BCUT2D eigenvalue weighted by atomic mass is 10.00. The zero-order valence-corrected chi connectivity index (χ0v) is 15.4. The van der Waals surface area contributed by atoms with Crippen molar-refractivity contribution in [3.05, 3.63) is 46.6 Å². The van der Waals surface area contributed by atoms with Gasteiger partial charge in [0.25, 0.3) is 0 Å². The van der Waals surface area contributed by atoms with E-state index in [0.717, 1.165) is 10.7 Å². The lowest BCUT2D eigenvalue weighted by molar-refractivity contribution is -0.161. The number of amides is 2. The molecular formula is C16H11Cl2F3N6O. The molecule has 1 aliphatic carbocycles. The minimum atomic E-state index is -4.52. The van der Waals surface area contributed by atoms with Gasteiger partial charge in [-0.1, -0.05) is 23.2 Å². The molecule has 2 N–H and O–H groups in total. The van der Waals surface area contributed by atoms with E-state index in [-0.39, 0.29) is 40.7 Å². The van der Waals surface area contributed by atoms with Crippen molar-refractivity contribution >= 4 is 46.3 Å². The fraction of sp³-hybridized carbons (Fsp3) is 0.250. The number of hydrogen-bond acceptors (Lipinski definition) is 4. The van der Waals surface area contributed by atoms with Crippen molar-refractivity contribution in [1.82, 2.24) is 19.6 Å². The van der Waals surface area contributed by atoms with Gasteiger partial charge in [0.2, 0.25) is 0 Å². The topological polar surface area (TPSA) is 84.2 Å². The summed E-state index contributed by atoms with van der Waals surface area (Å²) in [5.41, 5.74) is -2.02. The van der Waals surface area contributed by atoms with Crippen molar-refractivity contribution in [3.8, 4) is 0 Å². The third-order valence-corrected chi connectivity index (χ3v) is 4.80. The minimum Gasteiger partial charge on any atom is -0.306 e. The highest BCUT2D eigenvalue weighted by Gasteiger charge is 2.66. The van der Waals surface area contributed by atoms with Crippen LogP contribution < -0.4 is 10.6 Å². The molecule has 0 atom stereocenters. The van der Waals surface area contributed by atoms with Gasteiger partial charge in [0, 0.05) is 12.3 Å². The van der Waals surface area contributed by atoms with E-state index < -0.39 is 17.6 Å². The molecule has 1 aliphatic rings. The van der Waals surface area contributed by atoms with E-state index in [4.69, 9.17) is 23.2 Å². The zero-order valence-electron chi connectivity index (χ0n) is 13.9. The number of halogens is 5. The lowest BCUT2D eigenvalue weighted by Gasteiger charge is -2.23. The summed E-state index contributed by atoms with van der Waals surface area (Å²) in [4.78, 5) is 20.2. The number of alkyl halides is 3. The predicted octanol–water partition coefficient (Wildman–Crippen LogP) is 4.67. The number of pyridine rings is 1. The highest BCUT2D eigenvalue weighted by atomic mass is 35.5. The molecular weight excluding hydrogens is 420 g/mol. The summed E-state index contributed by atoms with van der Waals surface area (Å²) in [7, 11) is 0. The number of nitrogens with one attached hydrogen (secondary N) is 2. The van der Waals surface area contributed by atoms with Gasteiger partial charge in [-0.15, -0.1) is 0 Å². The summed E-state index contributed by atoms with van der Waals surface area (Å²) < 4.78 is 42.4. The van der Waals surface area contributed by atoms with Crippen LogP contribution in [0.1, 0.15) is 18.5 Å². The second-order valence-electron chi connectivity index (χ2n) is 6.31. The molecule has 3 aromatic rings. The Morgan fingerprint density at radius 1 is 1.14 bits per heavy atom. The molecule has 28 heavy (non-hydrogen) atoms. The fourth-order valence-electron chi connectivity index (χ4n) is 3.00. The second kappa shape index (κ2) is 6.49. The molecule has 3 aromatic heterocycles. The largest absolute Gasteiger partial charge is 0.400 e. The quantitative estimate of drug-likeness (QED) is 0.632. The van der Waals surface area contributed by atoms with Crippen molar-refractivity contribution in [3.63, 3.8) is 0 Å². The Hall–Kier alpha value is -2.59. The summed E-state index contributed by atoms with van der Waals surface area (Å²) in [6.07, 6.45) is -0.890. The molecule has 7 nitrogen and oxygen atoms in total. The minimum absolute atomic E-state index is 0.00155. The summed E-state index contributed by atoms with van der Waals surface area (Å²) >= 11 is 11.7. The zero-order chi connectivity index (χ0) is 20.1. The van der Waals surface area contributed by atoms with E-state index in [9.17, 15) is 18.0 Å². The monoisotopic (exact) mass is 430 g/mol. The number of urea groups is 1. The molecule has 0 unspecified atom stereocenters. The maximum Gasteiger partial charge on any atom is 0.400 e. The van der Waals surface area contributed by atoms with Crippen LogP contribution in [0.5, 0.6) is 0 Å². The Morgan fingerprint density at radius 3 is 2.54 bits per heavy atom. The standard InChI is InChI=1S/C16H11Cl2F3N6O/c17-8-3-9(6-22-5-8)24-14(28)25-10-7-23-12-4-11(18)26-27(12)13(10)15(1-2-15)16(19,20)21/h3-7H,1-2H2,(H2,24,25,28). The van der Waals surface area contributed by atoms with Gasteiger partial charge in [-0.2, -0.15) is 18.3 Å². The number of nitrogens with zero attached hydrogens (tertiary/aromatic N) is 4. The number of hydrogen-bond donors (Lipinski definition) is 2. The molecule has 0 radical (unpaired) electrons. The van der Waals surface area contributed by atoms with Gasteiger partial charge in [0.1, 0.15) is 5.41 Å². The molecule has 0 aliphatic heterocycles. The van der Waals surface area contributed by atoms with Crippen LogP contribution in [0.3, 0.4) is 0 Å². The van der Waals surface area contributed by atoms with Gasteiger partial charge in [-0.25, -0.2) is 14.3 Å². The maximum atomic E-state index is 13.8. The van der Waals surface area contributed by atoms with Crippen LogP contribution in [0.4, 0.5) is 29.3 Å². The Labute approximate surface area is 165 Å². The Kier molecular flexibility index (Phi) is 4.35. The average molecular weight is 431 g/mol. The molecule has 0 saturated heterocycles. The summed E-state index contributed by atoms with van der Waals surface area (Å²) in [6, 6.07) is 2.02. The van der Waals surface area contributed by atoms with Crippen LogP contribution in [0.2, 0.25) is 10.2 Å². The Morgan fingerprint density at radius 2 is 1.89 bits per heavy atom. The number of carbonyl (C=O) groups excluding carboxylic acids is 1. The van der Waals surface area contributed by atoms with Crippen molar-refractivity contribution in [2.24, 2.45) is 0 Å². The van der Waals surface area contributed by atoms with Gasteiger partial charge in [-0.05, 0) is 18.9 Å². The van der Waals surface area contributed by atoms with Crippen LogP contribution in [-0.2, 0) is 5.41 Å². The van der Waals surface area contributed by atoms with Crippen LogP contribution in [0.15, 0.2) is 30.7 Å². The Balaban J connectivity index is 1.73. The van der Waals surface area contributed by atoms with E-state index in [1.807, 2.05) is 0 Å². The molecule has 4 rings (SSSR count). The highest BCUT2D eigenvalue weighted by Crippen LogP contribution is 2.60. The molecule has 0 aromatic carbocycles. The smallest absolute Gasteiger partial charge is 0.306 e. The fourth-order valence-corrected chi connectivity index (χ4v) is 3.35. The van der Waals surface area contributed by atoms with Crippen LogP contribution in [0.25, 0.3) is 5.65 Å². The van der Waals surface area contributed by atoms with Crippen molar-refractivity contribution in [2.75, 3.05) is 10.6 Å². The van der Waals surface area contributed by atoms with Gasteiger partial charge >= 0.3 is 12.2 Å². The summed E-state index contributed by atoms with van der Waals surface area (Å²) in [6.45, 7) is 0. The first-order chi connectivity index (χ1) is 13.2. The highest BCUT2D eigenvalue weighted by molar-refractivity contribution is 6.30.